The number of unbranched alkanes of at least 4 members (excludes halogenated alkanes) is 2. The Morgan fingerprint density at radius 1 is 0.675 bits per heavy atom. The zero-order chi connectivity index (χ0) is 61.2. The summed E-state index contributed by atoms with van der Waals surface area (Å²) < 4.78 is 0. The van der Waals surface area contributed by atoms with Gasteiger partial charge in [-0.3, -0.25) is 52.9 Å². The van der Waals surface area contributed by atoms with Gasteiger partial charge in [0.25, 0.3) is 0 Å². The van der Waals surface area contributed by atoms with Crippen molar-refractivity contribution in [3.8, 4) is 5.75 Å². The van der Waals surface area contributed by atoms with Crippen LogP contribution in [0.25, 0.3) is 10.9 Å². The fourth-order valence-electron chi connectivity index (χ4n) is 8.80. The van der Waals surface area contributed by atoms with E-state index in [1.165, 1.54) is 17.0 Å². The lowest BCUT2D eigenvalue weighted by Crippen LogP contribution is -2.59. The summed E-state index contributed by atoms with van der Waals surface area (Å²) in [5, 5.41) is 49.4. The zero-order valence-electron chi connectivity index (χ0n) is 45.5. The lowest BCUT2D eigenvalue weighted by Gasteiger charge is -2.30. The standard InChI is InChI=1S/C52H75N15O14S2/c53-17-5-3-9-32(54)44(73)64-35(20-28-13-15-30(68)16-14-28)46(75)60-25-42(70)62-38(26-82)48(77)63-34(11-4-6-18-57-52(55)56)45(74)59-24-41(69)61-36(22-43(71)72)47(76)65-37(21-29-23-58-33-10-2-1-8-31(29)33)50(79)67-19-7-12-40(67)49(78)66-39(27-83)51(80)81/h1-2,8,10,13-16,23,32,34-40,58,68,82-83H,3-7,9,11-12,17-22,24-27,53-54H2,(H,59,74)(H,60,75)(H,61,69)(H,62,70)(H,63,77)(H,64,73)(H,65,76)(H,66,78)(H,71,72)(H,80,81)(H4,55,56,57)/t32-,34-,35-,36-,37-,38-,39-,40-/m0/s1. The number of H-pyrrole nitrogens is 1. The summed E-state index contributed by atoms with van der Waals surface area (Å²) >= 11 is 8.20. The number of nitrogens with one attached hydrogen (secondary N) is 9. The van der Waals surface area contributed by atoms with Crippen molar-refractivity contribution in [2.75, 3.05) is 44.2 Å². The minimum Gasteiger partial charge on any atom is -0.508 e. The number of para-hydroxylation sites is 1. The number of nitrogens with two attached hydrogens (primary N) is 4. The number of aromatic hydroxyl groups is 1. The van der Waals surface area contributed by atoms with E-state index in [2.05, 4.69) is 77.8 Å². The number of aromatic amines is 1. The number of phenols is 1. The molecule has 83 heavy (non-hydrogen) atoms. The van der Waals surface area contributed by atoms with Crippen LogP contribution >= 0.6 is 25.3 Å². The van der Waals surface area contributed by atoms with E-state index in [4.69, 9.17) is 22.9 Å². The summed E-state index contributed by atoms with van der Waals surface area (Å²) in [6.45, 7) is -0.953. The Morgan fingerprint density at radius 3 is 1.90 bits per heavy atom. The second-order valence-electron chi connectivity index (χ2n) is 19.5. The Morgan fingerprint density at radius 2 is 1.28 bits per heavy atom. The molecule has 1 fully saturated rings. The first kappa shape index (κ1) is 67.3. The topological polar surface area (TPSA) is 480 Å². The third-order valence-corrected chi connectivity index (χ3v) is 13.9. The van der Waals surface area contributed by atoms with Crippen molar-refractivity contribution in [3.63, 3.8) is 0 Å². The maximum atomic E-state index is 14.4. The minimum atomic E-state index is -1.84. The third-order valence-electron chi connectivity index (χ3n) is 13.2. The number of aliphatic carboxylic acids is 2. The molecule has 454 valence electrons. The number of guanidine groups is 1. The molecule has 2 heterocycles. The number of amides is 9. The van der Waals surface area contributed by atoms with E-state index < -0.39 is 133 Å². The Labute approximate surface area is 488 Å². The number of fused-ring (bicyclic) bond motifs is 1. The van der Waals surface area contributed by atoms with Gasteiger partial charge in [-0.1, -0.05) is 36.8 Å². The highest BCUT2D eigenvalue weighted by molar-refractivity contribution is 7.80. The molecule has 8 atom stereocenters. The number of carboxylic acids is 2. The zero-order valence-corrected chi connectivity index (χ0v) is 47.3. The maximum Gasteiger partial charge on any atom is 0.327 e. The summed E-state index contributed by atoms with van der Waals surface area (Å²) in [5.41, 5.74) is 24.3. The molecular formula is C52H75N15O14S2. The SMILES string of the molecule is NCCCC[C@H](N)C(=O)N[C@@H](Cc1ccc(O)cc1)C(=O)NCC(=O)N[C@@H](CS)C(=O)N[C@@H](CCCCN=C(N)N)C(=O)NCC(=O)N[C@@H](CC(=O)O)C(=O)N[C@@H](Cc1c[nH]c2ccccc12)C(=O)N1CCC[C@H]1C(=O)N[C@@H](CS)C(=O)O. The average Bonchev–Trinajstić information content (AvgIpc) is 4.23. The second kappa shape index (κ2) is 34.3. The van der Waals surface area contributed by atoms with Gasteiger partial charge in [0.1, 0.15) is 48.0 Å². The molecule has 0 saturated carbocycles. The molecule has 2 aromatic carbocycles. The first-order chi connectivity index (χ1) is 39.5. The third kappa shape index (κ3) is 22.3. The van der Waals surface area contributed by atoms with Gasteiger partial charge in [-0.25, -0.2) is 4.79 Å². The van der Waals surface area contributed by atoms with Crippen LogP contribution in [0.5, 0.6) is 5.75 Å². The van der Waals surface area contributed by atoms with Crippen molar-refractivity contribution in [2.24, 2.45) is 27.9 Å². The van der Waals surface area contributed by atoms with Crippen molar-refractivity contribution in [1.82, 2.24) is 52.4 Å². The highest BCUT2D eigenvalue weighted by atomic mass is 32.1. The molecular weight excluding hydrogens is 1120 g/mol. The maximum absolute atomic E-state index is 14.4. The number of phenolic OH excluding ortho intramolecular Hbond substituents is 1. The van der Waals surface area contributed by atoms with Gasteiger partial charge in [0.2, 0.25) is 53.2 Å². The fraction of sp³-hybridized carbons (Fsp3) is 0.500. The van der Waals surface area contributed by atoms with Gasteiger partial charge >= 0.3 is 11.9 Å². The number of aromatic nitrogens is 1. The van der Waals surface area contributed by atoms with E-state index in [1.807, 2.05) is 0 Å². The van der Waals surface area contributed by atoms with E-state index in [0.717, 1.165) is 0 Å². The molecule has 29 nitrogen and oxygen atoms in total. The lowest BCUT2D eigenvalue weighted by molar-refractivity contribution is -0.144. The largest absolute Gasteiger partial charge is 0.508 e. The van der Waals surface area contributed by atoms with Crippen LogP contribution in [0.2, 0.25) is 0 Å². The van der Waals surface area contributed by atoms with Crippen molar-refractivity contribution >= 4 is 107 Å². The van der Waals surface area contributed by atoms with E-state index in [-0.39, 0.29) is 68.4 Å². The quantitative estimate of drug-likeness (QED) is 0.0116. The van der Waals surface area contributed by atoms with Crippen LogP contribution in [0.3, 0.4) is 0 Å². The molecule has 0 spiro atoms. The highest BCUT2D eigenvalue weighted by Gasteiger charge is 2.40. The predicted octanol–water partition coefficient (Wildman–Crippen LogP) is -3.89. The number of likely N-dealkylation sites (tertiary alicyclic amines) is 1. The van der Waals surface area contributed by atoms with E-state index in [9.17, 15) is 68.1 Å². The van der Waals surface area contributed by atoms with Crippen LogP contribution in [0.15, 0.2) is 59.7 Å². The van der Waals surface area contributed by atoms with E-state index in [1.54, 1.807) is 42.6 Å². The molecule has 20 N–H and O–H groups in total. The molecule has 0 unspecified atom stereocenters. The van der Waals surface area contributed by atoms with Crippen LogP contribution in [-0.4, -0.2) is 189 Å². The Balaban J connectivity index is 1.45. The Hall–Kier alpha value is -8.16. The molecule has 1 aromatic heterocycles. The van der Waals surface area contributed by atoms with Gasteiger partial charge in [0.15, 0.2) is 5.96 Å². The summed E-state index contributed by atoms with van der Waals surface area (Å²) in [6, 6.07) is 2.16. The van der Waals surface area contributed by atoms with Crippen molar-refractivity contribution in [1.29, 1.82) is 0 Å². The number of nitrogens with zero attached hydrogens (tertiary/aromatic N) is 2. The minimum absolute atomic E-state index is 0.0318. The normalized spacial score (nSPS) is 15.4. The number of rotatable bonds is 35. The van der Waals surface area contributed by atoms with Crippen molar-refractivity contribution < 1.29 is 68.1 Å². The first-order valence-corrected chi connectivity index (χ1v) is 28.0. The summed E-state index contributed by atoms with van der Waals surface area (Å²) in [5.74, 6) is -11.5. The van der Waals surface area contributed by atoms with E-state index >= 15 is 0 Å². The van der Waals surface area contributed by atoms with Gasteiger partial charge < -0.3 is 90.7 Å². The fourth-order valence-corrected chi connectivity index (χ4v) is 9.31. The van der Waals surface area contributed by atoms with Gasteiger partial charge in [-0.05, 0) is 80.8 Å². The number of benzene rings is 2. The van der Waals surface area contributed by atoms with Crippen LogP contribution in [0, 0.1) is 0 Å². The molecule has 1 saturated heterocycles. The number of thiol groups is 2. The molecule has 1 aliphatic heterocycles. The first-order valence-electron chi connectivity index (χ1n) is 26.7. The Bertz CT molecular complexity index is 2780. The van der Waals surface area contributed by atoms with Gasteiger partial charge in [0.05, 0.1) is 25.6 Å². The monoisotopic (exact) mass is 1200 g/mol. The highest BCUT2D eigenvalue weighted by Crippen LogP contribution is 2.24. The van der Waals surface area contributed by atoms with Crippen LogP contribution < -0.4 is 65.5 Å². The van der Waals surface area contributed by atoms with Gasteiger partial charge in [0, 0.05) is 54.5 Å². The number of carbonyl (C=O) groups is 11. The number of hydrogen-bond acceptors (Lipinski definition) is 17. The van der Waals surface area contributed by atoms with Crippen LogP contribution in [0.4, 0.5) is 0 Å². The number of hydrogen-bond donors (Lipinski definition) is 18. The molecule has 4 rings (SSSR count). The molecule has 0 bridgehead atoms. The number of carbonyl (C=O) groups excluding carboxylic acids is 9. The summed E-state index contributed by atoms with van der Waals surface area (Å²) in [6.07, 6.45) is 2.86. The molecule has 1 aliphatic rings. The Kier molecular flexibility index (Phi) is 27.8. The molecule has 9 amide bonds. The van der Waals surface area contributed by atoms with Crippen molar-refractivity contribution in [2.45, 2.75) is 119 Å². The predicted molar refractivity (Wildman–Crippen MR) is 309 cm³/mol. The lowest BCUT2D eigenvalue weighted by atomic mass is 10.0. The number of carboxylic acid groups (broad SMARTS) is 2. The summed E-state index contributed by atoms with van der Waals surface area (Å²) in [7, 11) is 0. The van der Waals surface area contributed by atoms with Crippen molar-refractivity contribution in [3.05, 3.63) is 65.9 Å². The molecule has 3 aromatic rings. The van der Waals surface area contributed by atoms with Crippen LogP contribution in [0.1, 0.15) is 68.9 Å². The average molecular weight is 1200 g/mol. The molecule has 0 radical (unpaired) electrons. The van der Waals surface area contributed by atoms with Gasteiger partial charge in [-0.2, -0.15) is 25.3 Å². The van der Waals surface area contributed by atoms with Crippen LogP contribution in [-0.2, 0) is 65.6 Å². The molecule has 0 aliphatic carbocycles. The summed E-state index contributed by atoms with van der Waals surface area (Å²) in [4.78, 5) is 155. The van der Waals surface area contributed by atoms with E-state index in [0.29, 0.717) is 60.7 Å². The van der Waals surface area contributed by atoms with Gasteiger partial charge in [-0.15, -0.1) is 0 Å². The second-order valence-corrected chi connectivity index (χ2v) is 20.3. The number of aliphatic imine (C=N–C) groups is 1. The smallest absolute Gasteiger partial charge is 0.327 e. The molecule has 31 heteroatoms.